The van der Waals surface area contributed by atoms with Crippen LogP contribution in [0.25, 0.3) is 20.9 Å². The zero-order valence-electron chi connectivity index (χ0n) is 33.7. The molecule has 4 unspecified atom stereocenters. The summed E-state index contributed by atoms with van der Waals surface area (Å²) in [5, 5.41) is 6.45. The average Bonchev–Trinajstić information content (AvgIpc) is 3.72. The number of methoxy groups -OCH3 is 4. The van der Waals surface area contributed by atoms with E-state index in [1.54, 1.807) is 27.7 Å². The van der Waals surface area contributed by atoms with Crippen LogP contribution in [0, 0.1) is 21.7 Å². The molecular weight excluding hydrogens is 780 g/mol. The van der Waals surface area contributed by atoms with E-state index in [9.17, 15) is 28.8 Å². The minimum absolute atomic E-state index is 0.0829. The number of ether oxygens (including phenoxy) is 7. The lowest BCUT2D eigenvalue weighted by atomic mass is 9.68. The SMILES string of the molecule is C1CCOC1.CN=[N+]=[N-].COC(=O)C(Br)CC(C)(CC(C)(C)COC=O)C(=O)OC.COC(=O)C(C)(CC(C)(C)COC=O)CC(C)(N=[N+]=[N-])C(=O)OC. The van der Waals surface area contributed by atoms with Gasteiger partial charge in [-0.3, -0.25) is 28.8 Å². The molecule has 1 saturated heterocycles. The molecule has 0 radical (unpaired) electrons. The smallest absolute Gasteiger partial charge is 0.319 e. The van der Waals surface area contributed by atoms with Crippen LogP contribution in [0.3, 0.4) is 0 Å². The van der Waals surface area contributed by atoms with Gasteiger partial charge >= 0.3 is 23.9 Å². The predicted molar refractivity (Wildman–Crippen MR) is 200 cm³/mol. The quantitative estimate of drug-likeness (QED) is 0.0267. The minimum atomic E-state index is -1.58. The van der Waals surface area contributed by atoms with E-state index in [-0.39, 0.29) is 32.5 Å². The Kier molecular flexibility index (Phi) is 27.6. The van der Waals surface area contributed by atoms with Gasteiger partial charge in [-0.05, 0) is 70.4 Å². The number of alkyl halides is 1. The summed E-state index contributed by atoms with van der Waals surface area (Å²) in [5.74, 6) is -2.19. The first-order valence-corrected chi connectivity index (χ1v) is 17.6. The average molecular weight is 840 g/mol. The number of esters is 4. The van der Waals surface area contributed by atoms with E-state index in [2.05, 4.69) is 40.7 Å². The number of azide groups is 2. The van der Waals surface area contributed by atoms with Gasteiger partial charge in [-0.2, -0.15) is 0 Å². The molecule has 0 aromatic rings. The Hall–Kier alpha value is -4.12. The maximum atomic E-state index is 12.4. The number of hydrogen-bond donors (Lipinski definition) is 0. The summed E-state index contributed by atoms with van der Waals surface area (Å²) in [5.41, 5.74) is 11.4. The molecule has 1 aliphatic heterocycles. The second-order valence-corrected chi connectivity index (χ2v) is 15.6. The summed E-state index contributed by atoms with van der Waals surface area (Å²) in [6.45, 7) is 15.0. The second-order valence-electron chi connectivity index (χ2n) is 14.5. The Balaban J connectivity index is -0.000000783. The molecule has 4 atom stereocenters. The molecule has 1 heterocycles. The topological polar surface area (TPSA) is 265 Å². The molecule has 0 spiro atoms. The highest BCUT2D eigenvalue weighted by Gasteiger charge is 2.48. The Labute approximate surface area is 326 Å². The van der Waals surface area contributed by atoms with Crippen molar-refractivity contribution >= 4 is 52.8 Å². The largest absolute Gasteiger partial charge is 0.469 e. The van der Waals surface area contributed by atoms with Gasteiger partial charge in [0.2, 0.25) is 0 Å². The highest BCUT2D eigenvalue weighted by Crippen LogP contribution is 2.43. The standard InChI is InChI=1S/C15H25N3O6.C14H23BrO6.C4H8O.CH3N3/c1-13(2,9-24-10-19)7-14(3,11(20)22-5)8-15(4,17-18-16)12(21)23-6;1-13(2,8-21-9-16)7-14(3,12(18)20-5)6-10(15)11(17)19-4;1-2-4-5-3-1;1-3-4-2/h10H,7-9H2,1-6H3;9-10H,6-8H2,1-5H3;1-4H2;1H3. The highest BCUT2D eigenvalue weighted by atomic mass is 79.9. The number of halogens is 1. The van der Waals surface area contributed by atoms with E-state index in [0.29, 0.717) is 19.4 Å². The maximum Gasteiger partial charge on any atom is 0.319 e. The second kappa shape index (κ2) is 27.5. The molecule has 0 bridgehead atoms. The fraction of sp³-hybridized carbons (Fsp3) is 0.824. The molecule has 1 aliphatic rings. The first-order valence-electron chi connectivity index (χ1n) is 16.7. The summed E-state index contributed by atoms with van der Waals surface area (Å²) in [7, 11) is 6.38. The summed E-state index contributed by atoms with van der Waals surface area (Å²) in [4.78, 5) is 73.3. The van der Waals surface area contributed by atoms with Crippen LogP contribution in [0.4, 0.5) is 0 Å². The first kappa shape index (κ1) is 54.2. The summed E-state index contributed by atoms with van der Waals surface area (Å²) in [6.07, 6.45) is 3.28. The van der Waals surface area contributed by atoms with Crippen LogP contribution in [0.1, 0.15) is 87.0 Å². The molecule has 1 fully saturated rings. The van der Waals surface area contributed by atoms with E-state index < -0.39 is 55.9 Å². The third-order valence-electron chi connectivity index (χ3n) is 7.81. The molecular formula is C34H59BrN6O13. The number of carbonyl (C=O) groups excluding carboxylic acids is 6. The summed E-state index contributed by atoms with van der Waals surface area (Å²) < 4.78 is 33.6. The van der Waals surface area contributed by atoms with Crippen LogP contribution in [0.15, 0.2) is 10.2 Å². The Bertz CT molecular complexity index is 1280. The van der Waals surface area contributed by atoms with Crippen molar-refractivity contribution in [3.05, 3.63) is 20.9 Å². The van der Waals surface area contributed by atoms with Gasteiger partial charge in [0.25, 0.3) is 12.9 Å². The van der Waals surface area contributed by atoms with Crippen molar-refractivity contribution in [2.75, 3.05) is 61.9 Å². The zero-order chi connectivity index (χ0) is 42.7. The lowest BCUT2D eigenvalue weighted by molar-refractivity contribution is -0.159. The fourth-order valence-electron chi connectivity index (χ4n) is 6.00. The van der Waals surface area contributed by atoms with Crippen LogP contribution in [-0.2, 0) is 61.9 Å². The minimum Gasteiger partial charge on any atom is -0.469 e. The molecule has 0 aromatic carbocycles. The zero-order valence-corrected chi connectivity index (χ0v) is 35.3. The van der Waals surface area contributed by atoms with Crippen molar-refractivity contribution in [1.82, 2.24) is 0 Å². The van der Waals surface area contributed by atoms with E-state index in [4.69, 9.17) is 39.5 Å². The van der Waals surface area contributed by atoms with Crippen molar-refractivity contribution in [2.24, 2.45) is 31.9 Å². The number of nitrogens with zero attached hydrogens (tertiary/aromatic N) is 6. The van der Waals surface area contributed by atoms with Crippen molar-refractivity contribution in [2.45, 2.75) is 97.4 Å². The monoisotopic (exact) mass is 838 g/mol. The van der Waals surface area contributed by atoms with Gasteiger partial charge in [-0.1, -0.05) is 53.9 Å². The van der Waals surface area contributed by atoms with E-state index in [1.165, 1.54) is 55.3 Å². The van der Waals surface area contributed by atoms with Gasteiger partial charge in [0.1, 0.15) is 10.4 Å². The van der Waals surface area contributed by atoms with E-state index >= 15 is 0 Å². The van der Waals surface area contributed by atoms with E-state index in [1.807, 2.05) is 13.8 Å². The molecule has 0 aliphatic carbocycles. The van der Waals surface area contributed by atoms with Gasteiger partial charge in [0.05, 0.1) is 52.5 Å². The number of rotatable bonds is 19. The molecule has 310 valence electrons. The van der Waals surface area contributed by atoms with Gasteiger partial charge in [0, 0.05) is 40.9 Å². The Morgan fingerprint density at radius 1 is 0.722 bits per heavy atom. The van der Waals surface area contributed by atoms with Gasteiger partial charge in [0.15, 0.2) is 0 Å². The third kappa shape index (κ3) is 22.2. The molecule has 19 nitrogen and oxygen atoms in total. The molecule has 0 amide bonds. The van der Waals surface area contributed by atoms with Crippen LogP contribution in [0.5, 0.6) is 0 Å². The molecule has 1 rings (SSSR count). The van der Waals surface area contributed by atoms with Crippen LogP contribution in [0.2, 0.25) is 0 Å². The van der Waals surface area contributed by atoms with Gasteiger partial charge in [-0.25, -0.2) is 0 Å². The third-order valence-corrected chi connectivity index (χ3v) is 8.50. The summed E-state index contributed by atoms with van der Waals surface area (Å²) in [6, 6.07) is 0. The lowest BCUT2D eigenvalue weighted by Gasteiger charge is -2.38. The normalized spacial score (nSPS) is 15.6. The molecule has 20 heteroatoms. The van der Waals surface area contributed by atoms with Gasteiger partial charge < -0.3 is 33.2 Å². The number of hydrogen-bond acceptors (Lipinski definition) is 15. The molecule has 0 aromatic heterocycles. The highest BCUT2D eigenvalue weighted by molar-refractivity contribution is 9.10. The van der Waals surface area contributed by atoms with Crippen LogP contribution in [-0.4, -0.2) is 109 Å². The Morgan fingerprint density at radius 3 is 1.44 bits per heavy atom. The van der Waals surface area contributed by atoms with E-state index in [0.717, 1.165) is 13.2 Å². The predicted octanol–water partition coefficient (Wildman–Crippen LogP) is 6.19. The van der Waals surface area contributed by atoms with Crippen molar-refractivity contribution in [3.63, 3.8) is 0 Å². The first-order chi connectivity index (χ1) is 25.0. The fourth-order valence-corrected chi connectivity index (χ4v) is 6.91. The molecule has 0 N–H and O–H groups in total. The lowest BCUT2D eigenvalue weighted by Crippen LogP contribution is -2.45. The summed E-state index contributed by atoms with van der Waals surface area (Å²) >= 11 is 3.23. The van der Waals surface area contributed by atoms with Crippen molar-refractivity contribution < 1.29 is 61.9 Å². The van der Waals surface area contributed by atoms with Crippen LogP contribution >= 0.6 is 15.9 Å². The number of carbonyl (C=O) groups is 6. The van der Waals surface area contributed by atoms with Gasteiger partial charge in [-0.15, -0.1) is 0 Å². The molecule has 0 saturated carbocycles. The molecule has 54 heavy (non-hydrogen) atoms. The Morgan fingerprint density at radius 2 is 1.13 bits per heavy atom. The maximum absolute atomic E-state index is 12.4. The van der Waals surface area contributed by atoms with Crippen molar-refractivity contribution in [1.29, 1.82) is 0 Å². The van der Waals surface area contributed by atoms with Crippen LogP contribution < -0.4 is 0 Å². The van der Waals surface area contributed by atoms with Crippen molar-refractivity contribution in [3.8, 4) is 0 Å².